The number of fused-ring (bicyclic) bond motifs is 3. The van der Waals surface area contributed by atoms with Crippen LogP contribution in [0.1, 0.15) is 18.1 Å². The second-order valence-electron chi connectivity index (χ2n) is 8.47. The second kappa shape index (κ2) is 8.60. The number of nitrogens with zero attached hydrogens (tertiary/aromatic N) is 2. The number of alkyl halides is 3. The Morgan fingerprint density at radius 1 is 1.03 bits per heavy atom. The van der Waals surface area contributed by atoms with Crippen LogP contribution in [0.15, 0.2) is 72.9 Å². The average Bonchev–Trinajstić information content (AvgIpc) is 2.84. The maximum Gasteiger partial charge on any atom is 0.416 e. The first-order chi connectivity index (χ1) is 17.1. The molecule has 4 aromatic rings. The van der Waals surface area contributed by atoms with Crippen molar-refractivity contribution in [3.05, 3.63) is 84.1 Å². The third kappa shape index (κ3) is 4.19. The molecule has 0 spiro atoms. The van der Waals surface area contributed by atoms with Gasteiger partial charge in [0.2, 0.25) is 5.91 Å². The number of hydrogen-bond donors (Lipinski definition) is 2. The smallest absolute Gasteiger partial charge is 0.326 e. The quantitative estimate of drug-likeness (QED) is 0.364. The third-order valence-electron chi connectivity index (χ3n) is 5.94. The van der Waals surface area contributed by atoms with Crippen molar-refractivity contribution in [2.45, 2.75) is 19.5 Å². The van der Waals surface area contributed by atoms with Crippen molar-refractivity contribution in [2.24, 2.45) is 0 Å². The van der Waals surface area contributed by atoms with Crippen LogP contribution in [0.5, 0.6) is 0 Å². The van der Waals surface area contributed by atoms with Crippen LogP contribution in [0.4, 0.5) is 30.2 Å². The molecule has 0 bridgehead atoms. The number of hydrogen-bond acceptors (Lipinski definition) is 4. The number of carbonyl (C=O) groups is 2. The molecule has 2 heterocycles. The van der Waals surface area contributed by atoms with Crippen molar-refractivity contribution in [1.29, 1.82) is 5.41 Å². The molecule has 180 valence electrons. The normalized spacial score (nSPS) is 13.6. The molecule has 0 unspecified atom stereocenters. The second-order valence-corrected chi connectivity index (χ2v) is 8.47. The maximum absolute atomic E-state index is 13.4. The number of halogens is 3. The van der Waals surface area contributed by atoms with Crippen molar-refractivity contribution >= 4 is 45.5 Å². The molecule has 5 rings (SSSR count). The molecular weight excluding hydrogens is 469 g/mol. The number of rotatable bonds is 3. The molecule has 0 aliphatic carbocycles. The van der Waals surface area contributed by atoms with E-state index in [1.54, 1.807) is 24.4 Å². The zero-order valence-corrected chi connectivity index (χ0v) is 19.0. The van der Waals surface area contributed by atoms with E-state index in [9.17, 15) is 22.8 Å². The van der Waals surface area contributed by atoms with Gasteiger partial charge in [-0.15, -0.1) is 0 Å². The van der Waals surface area contributed by atoms with Crippen LogP contribution in [-0.4, -0.2) is 22.5 Å². The fraction of sp³-hybridized carbons (Fsp3) is 0.111. The van der Waals surface area contributed by atoms with Crippen molar-refractivity contribution in [3.63, 3.8) is 0 Å². The largest absolute Gasteiger partial charge is 0.416 e. The average molecular weight is 488 g/mol. The molecule has 2 amide bonds. The highest BCUT2D eigenvalue weighted by Crippen LogP contribution is 2.41. The molecule has 3 aromatic carbocycles. The van der Waals surface area contributed by atoms with Gasteiger partial charge in [0, 0.05) is 41.9 Å². The first-order valence-corrected chi connectivity index (χ1v) is 11.0. The summed E-state index contributed by atoms with van der Waals surface area (Å²) < 4.78 is 40.3. The van der Waals surface area contributed by atoms with E-state index < -0.39 is 17.6 Å². The lowest BCUT2D eigenvalue weighted by molar-refractivity contribution is -0.137. The van der Waals surface area contributed by atoms with E-state index in [1.807, 2.05) is 24.3 Å². The molecule has 2 N–H and O–H groups in total. The van der Waals surface area contributed by atoms with Crippen LogP contribution in [0.3, 0.4) is 0 Å². The van der Waals surface area contributed by atoms with Gasteiger partial charge >= 0.3 is 6.18 Å². The summed E-state index contributed by atoms with van der Waals surface area (Å²) in [5.74, 6) is -0.865. The number of anilines is 3. The lowest BCUT2D eigenvalue weighted by atomic mass is 9.95. The minimum absolute atomic E-state index is 0.0260. The SMILES string of the molecule is CC(=O)Nc1ccc(-c2ccc3ncc4c(c3c2)N(c2cccc(C(F)(F)F)c2)C(=O)C(=N)C4)cc1. The van der Waals surface area contributed by atoms with Crippen molar-refractivity contribution in [3.8, 4) is 11.1 Å². The van der Waals surface area contributed by atoms with Crippen LogP contribution < -0.4 is 10.2 Å². The first-order valence-electron chi connectivity index (χ1n) is 11.0. The zero-order chi connectivity index (χ0) is 25.6. The van der Waals surface area contributed by atoms with E-state index in [0.29, 0.717) is 27.8 Å². The van der Waals surface area contributed by atoms with Gasteiger partial charge in [-0.3, -0.25) is 24.9 Å². The standard InChI is InChI=1S/C27H19F3N4O2/c1-15(35)33-20-8-5-16(6-9-20)17-7-10-24-22(11-17)25-18(14-32-24)12-23(31)26(36)34(25)21-4-2-3-19(13-21)27(28,29)30/h2-11,13-14,31H,12H2,1H3,(H,33,35). The van der Waals surface area contributed by atoms with Gasteiger partial charge in [-0.25, -0.2) is 0 Å². The Morgan fingerprint density at radius 2 is 1.75 bits per heavy atom. The number of pyridine rings is 1. The van der Waals surface area contributed by atoms with E-state index in [4.69, 9.17) is 5.41 Å². The number of amides is 2. The van der Waals surface area contributed by atoms with Gasteiger partial charge in [-0.1, -0.05) is 24.3 Å². The Labute approximate surface area is 203 Å². The van der Waals surface area contributed by atoms with E-state index in [0.717, 1.165) is 23.3 Å². The summed E-state index contributed by atoms with van der Waals surface area (Å²) in [6.07, 6.45) is -2.99. The van der Waals surface area contributed by atoms with Crippen LogP contribution in [0.25, 0.3) is 22.0 Å². The summed E-state index contributed by atoms with van der Waals surface area (Å²) >= 11 is 0. The molecule has 1 aliphatic rings. The molecule has 0 saturated heterocycles. The number of aromatic nitrogens is 1. The highest BCUT2D eigenvalue weighted by atomic mass is 19.4. The molecule has 0 fully saturated rings. The minimum atomic E-state index is -4.58. The molecule has 36 heavy (non-hydrogen) atoms. The highest BCUT2D eigenvalue weighted by Gasteiger charge is 2.35. The molecule has 1 aromatic heterocycles. The lowest BCUT2D eigenvalue weighted by Gasteiger charge is -2.31. The van der Waals surface area contributed by atoms with E-state index in [1.165, 1.54) is 24.0 Å². The predicted octanol–water partition coefficient (Wildman–Crippen LogP) is 6.12. The van der Waals surface area contributed by atoms with Crippen LogP contribution >= 0.6 is 0 Å². The monoisotopic (exact) mass is 488 g/mol. The van der Waals surface area contributed by atoms with E-state index in [2.05, 4.69) is 10.3 Å². The summed E-state index contributed by atoms with van der Waals surface area (Å²) in [7, 11) is 0. The predicted molar refractivity (Wildman–Crippen MR) is 132 cm³/mol. The number of carbonyl (C=O) groups excluding carboxylic acids is 2. The van der Waals surface area contributed by atoms with Crippen LogP contribution in [-0.2, 0) is 22.2 Å². The summed E-state index contributed by atoms with van der Waals surface area (Å²) in [6.45, 7) is 1.42. The Bertz CT molecular complexity index is 1550. The molecule has 6 nitrogen and oxygen atoms in total. The molecule has 1 aliphatic heterocycles. The van der Waals surface area contributed by atoms with Gasteiger partial charge in [-0.05, 0) is 53.6 Å². The van der Waals surface area contributed by atoms with Crippen molar-refractivity contribution in [1.82, 2.24) is 4.98 Å². The van der Waals surface area contributed by atoms with Gasteiger partial charge in [0.05, 0.1) is 16.8 Å². The molecule has 0 radical (unpaired) electrons. The summed E-state index contributed by atoms with van der Waals surface area (Å²) in [5, 5.41) is 11.5. The third-order valence-corrected chi connectivity index (χ3v) is 5.94. The van der Waals surface area contributed by atoms with Crippen molar-refractivity contribution in [2.75, 3.05) is 10.2 Å². The molecular formula is C27H19F3N4O2. The van der Waals surface area contributed by atoms with Gasteiger partial charge in [0.1, 0.15) is 5.71 Å². The fourth-order valence-corrected chi connectivity index (χ4v) is 4.31. The van der Waals surface area contributed by atoms with Gasteiger partial charge in [0.15, 0.2) is 0 Å². The van der Waals surface area contributed by atoms with Gasteiger partial charge in [0.25, 0.3) is 5.91 Å². The van der Waals surface area contributed by atoms with Gasteiger partial charge < -0.3 is 5.32 Å². The molecule has 0 atom stereocenters. The number of benzene rings is 3. The number of nitrogens with one attached hydrogen (secondary N) is 2. The Kier molecular flexibility index (Phi) is 5.55. The summed E-state index contributed by atoms with van der Waals surface area (Å²) in [6, 6.07) is 17.2. The summed E-state index contributed by atoms with van der Waals surface area (Å²) in [4.78, 5) is 30.1. The zero-order valence-electron chi connectivity index (χ0n) is 19.0. The molecule has 9 heteroatoms. The highest BCUT2D eigenvalue weighted by molar-refractivity contribution is 6.46. The van der Waals surface area contributed by atoms with Crippen molar-refractivity contribution < 1.29 is 22.8 Å². The Balaban J connectivity index is 1.67. The van der Waals surface area contributed by atoms with Gasteiger partial charge in [-0.2, -0.15) is 13.2 Å². The topological polar surface area (TPSA) is 86.2 Å². The fourth-order valence-electron chi connectivity index (χ4n) is 4.31. The van der Waals surface area contributed by atoms with Crippen LogP contribution in [0.2, 0.25) is 0 Å². The van der Waals surface area contributed by atoms with E-state index in [-0.39, 0.29) is 23.7 Å². The van der Waals surface area contributed by atoms with Crippen LogP contribution in [0, 0.1) is 5.41 Å². The minimum Gasteiger partial charge on any atom is -0.326 e. The Morgan fingerprint density at radius 3 is 2.44 bits per heavy atom. The lowest BCUT2D eigenvalue weighted by Crippen LogP contribution is -2.38. The first kappa shape index (κ1) is 23.2. The maximum atomic E-state index is 13.4. The molecule has 0 saturated carbocycles. The van der Waals surface area contributed by atoms with E-state index >= 15 is 0 Å². The Hall–Kier alpha value is -4.53. The summed E-state index contributed by atoms with van der Waals surface area (Å²) in [5.41, 5.74) is 2.73.